The van der Waals surface area contributed by atoms with E-state index >= 15 is 0 Å². The molecule has 0 saturated heterocycles. The number of imidazole rings is 1. The van der Waals surface area contributed by atoms with Gasteiger partial charge in [0.05, 0.1) is 0 Å². The molecule has 0 bridgehead atoms. The van der Waals surface area contributed by atoms with Gasteiger partial charge in [-0.3, -0.25) is 0 Å². The second-order valence-electron chi connectivity index (χ2n) is 1.72. The zero-order chi connectivity index (χ0) is 6.85. The van der Waals surface area contributed by atoms with Crippen LogP contribution in [0.15, 0.2) is 6.20 Å². The van der Waals surface area contributed by atoms with E-state index < -0.39 is 5.97 Å². The Kier molecular flexibility index (Phi) is 2.57. The molecule has 0 amide bonds. The molecule has 5 heteroatoms. The molecule has 5 nitrogen and oxygen atoms in total. The van der Waals surface area contributed by atoms with Crippen LogP contribution in [0.25, 0.3) is 0 Å². The van der Waals surface area contributed by atoms with E-state index in [-0.39, 0.29) is 11.3 Å². The molecular formula is C5H8N2O3. The first kappa shape index (κ1) is 8.64. The van der Waals surface area contributed by atoms with Gasteiger partial charge in [0, 0.05) is 11.9 Å². The molecule has 1 aromatic heterocycles. The van der Waals surface area contributed by atoms with Gasteiger partial charge in [-0.05, 0) is 6.92 Å². The lowest BCUT2D eigenvalue weighted by molar-refractivity contribution is 0.0684. The third-order valence-corrected chi connectivity index (χ3v) is 0.905. The molecule has 0 aliphatic carbocycles. The number of aryl methyl sites for hydroxylation is 1. The predicted molar refractivity (Wildman–Crippen MR) is 33.9 cm³/mol. The highest BCUT2D eigenvalue weighted by Gasteiger charge is 2.03. The summed E-state index contributed by atoms with van der Waals surface area (Å²) in [5.41, 5.74) is 0.757. The summed E-state index contributed by atoms with van der Waals surface area (Å²) < 4.78 is 0. The lowest BCUT2D eigenvalue weighted by Crippen LogP contribution is -1.97. The Bertz CT molecular complexity index is 231. The Morgan fingerprint density at radius 2 is 2.40 bits per heavy atom. The van der Waals surface area contributed by atoms with Gasteiger partial charge < -0.3 is 15.6 Å². The fourth-order valence-electron chi connectivity index (χ4n) is 0.521. The largest absolute Gasteiger partial charge is 0.475 e. The van der Waals surface area contributed by atoms with Crippen LogP contribution in [0.3, 0.4) is 0 Å². The van der Waals surface area contributed by atoms with Crippen LogP contribution in [0.5, 0.6) is 0 Å². The van der Waals surface area contributed by atoms with Crippen molar-refractivity contribution in [2.24, 2.45) is 0 Å². The third kappa shape index (κ3) is 1.56. The van der Waals surface area contributed by atoms with Crippen molar-refractivity contribution in [1.29, 1.82) is 0 Å². The average molecular weight is 144 g/mol. The summed E-state index contributed by atoms with van der Waals surface area (Å²) in [7, 11) is 0. The number of carbonyl (C=O) groups is 1. The number of rotatable bonds is 1. The Morgan fingerprint density at radius 1 is 1.80 bits per heavy atom. The smallest absolute Gasteiger partial charge is 0.371 e. The number of hydrogen-bond acceptors (Lipinski definition) is 2. The van der Waals surface area contributed by atoms with Crippen molar-refractivity contribution in [3.05, 3.63) is 17.7 Å². The molecule has 0 unspecified atom stereocenters. The quantitative estimate of drug-likeness (QED) is 0.560. The highest BCUT2D eigenvalue weighted by Crippen LogP contribution is 1.92. The van der Waals surface area contributed by atoms with E-state index in [0.717, 1.165) is 5.69 Å². The summed E-state index contributed by atoms with van der Waals surface area (Å²) >= 11 is 0. The maximum Gasteiger partial charge on any atom is 0.371 e. The number of aromatic amines is 1. The molecule has 56 valence electrons. The molecule has 1 heterocycles. The first-order valence-corrected chi connectivity index (χ1v) is 2.45. The number of carboxylic acid groups (broad SMARTS) is 1. The van der Waals surface area contributed by atoms with Crippen LogP contribution >= 0.6 is 0 Å². The van der Waals surface area contributed by atoms with E-state index in [4.69, 9.17) is 5.11 Å². The molecule has 4 N–H and O–H groups in total. The van der Waals surface area contributed by atoms with Gasteiger partial charge in [0.25, 0.3) is 0 Å². The molecule has 1 rings (SSSR count). The van der Waals surface area contributed by atoms with Gasteiger partial charge in [0.15, 0.2) is 0 Å². The van der Waals surface area contributed by atoms with Gasteiger partial charge in [-0.15, -0.1) is 0 Å². The van der Waals surface area contributed by atoms with Gasteiger partial charge in [0.1, 0.15) is 0 Å². The molecule has 0 radical (unpaired) electrons. The van der Waals surface area contributed by atoms with Crippen molar-refractivity contribution in [2.75, 3.05) is 0 Å². The van der Waals surface area contributed by atoms with Gasteiger partial charge in [0.2, 0.25) is 5.82 Å². The first-order chi connectivity index (χ1) is 4.20. The van der Waals surface area contributed by atoms with E-state index in [2.05, 4.69) is 9.97 Å². The summed E-state index contributed by atoms with van der Waals surface area (Å²) in [6.45, 7) is 1.75. The van der Waals surface area contributed by atoms with Crippen LogP contribution in [-0.4, -0.2) is 26.5 Å². The SMILES string of the molecule is Cc1cnc(C(=O)O)[nH]1.O. The summed E-state index contributed by atoms with van der Waals surface area (Å²) in [6, 6.07) is 0. The molecule has 0 fully saturated rings. The van der Waals surface area contributed by atoms with Crippen molar-refractivity contribution in [3.63, 3.8) is 0 Å². The van der Waals surface area contributed by atoms with Crippen LogP contribution < -0.4 is 0 Å². The number of H-pyrrole nitrogens is 1. The molecule has 10 heavy (non-hydrogen) atoms. The minimum Gasteiger partial charge on any atom is -0.475 e. The highest BCUT2D eigenvalue weighted by atomic mass is 16.4. The average Bonchev–Trinajstić information content (AvgIpc) is 2.14. The van der Waals surface area contributed by atoms with Crippen molar-refractivity contribution >= 4 is 5.97 Å². The zero-order valence-corrected chi connectivity index (χ0v) is 5.38. The van der Waals surface area contributed by atoms with Crippen molar-refractivity contribution in [2.45, 2.75) is 6.92 Å². The standard InChI is InChI=1S/C5H6N2O2.H2O/c1-3-2-6-4(7-3)5(8)9;/h2H,1H3,(H,6,7)(H,8,9);1H2. The highest BCUT2D eigenvalue weighted by molar-refractivity contribution is 5.83. The third-order valence-electron chi connectivity index (χ3n) is 0.905. The molecular weight excluding hydrogens is 136 g/mol. The summed E-state index contributed by atoms with van der Waals surface area (Å²) in [4.78, 5) is 16.2. The molecule has 0 atom stereocenters. The Labute approximate surface area is 57.0 Å². The molecule has 1 aromatic rings. The van der Waals surface area contributed by atoms with E-state index in [9.17, 15) is 4.79 Å². The summed E-state index contributed by atoms with van der Waals surface area (Å²) in [5, 5.41) is 8.30. The molecule has 0 aromatic carbocycles. The van der Waals surface area contributed by atoms with Crippen LogP contribution in [0.2, 0.25) is 0 Å². The lowest BCUT2D eigenvalue weighted by atomic mass is 10.6. The zero-order valence-electron chi connectivity index (χ0n) is 5.38. The minimum atomic E-state index is -1.02. The number of nitrogens with one attached hydrogen (secondary N) is 1. The van der Waals surface area contributed by atoms with Crippen molar-refractivity contribution < 1.29 is 15.4 Å². The van der Waals surface area contributed by atoms with E-state index in [0.29, 0.717) is 0 Å². The minimum absolute atomic E-state index is 0. The van der Waals surface area contributed by atoms with E-state index in [1.807, 2.05) is 0 Å². The fourth-order valence-corrected chi connectivity index (χ4v) is 0.521. The van der Waals surface area contributed by atoms with Crippen LogP contribution in [0, 0.1) is 6.92 Å². The van der Waals surface area contributed by atoms with Gasteiger partial charge in [-0.1, -0.05) is 0 Å². The summed E-state index contributed by atoms with van der Waals surface area (Å²) in [5.74, 6) is -1.03. The fraction of sp³-hybridized carbons (Fsp3) is 0.200. The lowest BCUT2D eigenvalue weighted by Gasteiger charge is -1.81. The molecule has 0 aliphatic rings. The van der Waals surface area contributed by atoms with E-state index in [1.54, 1.807) is 6.92 Å². The first-order valence-electron chi connectivity index (χ1n) is 2.45. The Hall–Kier alpha value is -1.36. The molecule has 0 spiro atoms. The number of aromatic carboxylic acids is 1. The maximum atomic E-state index is 10.1. The van der Waals surface area contributed by atoms with Crippen LogP contribution in [0.1, 0.15) is 16.3 Å². The Morgan fingerprint density at radius 3 is 2.60 bits per heavy atom. The monoisotopic (exact) mass is 144 g/mol. The molecule has 0 saturated carbocycles. The van der Waals surface area contributed by atoms with Gasteiger partial charge in [-0.2, -0.15) is 0 Å². The Balaban J connectivity index is 0.000000810. The van der Waals surface area contributed by atoms with Crippen molar-refractivity contribution in [1.82, 2.24) is 9.97 Å². The topological polar surface area (TPSA) is 97.5 Å². The normalized spacial score (nSPS) is 8.50. The molecule has 0 aliphatic heterocycles. The maximum absolute atomic E-state index is 10.1. The van der Waals surface area contributed by atoms with Crippen molar-refractivity contribution in [3.8, 4) is 0 Å². The number of carboxylic acids is 1. The number of hydrogen-bond donors (Lipinski definition) is 2. The number of nitrogens with zero attached hydrogens (tertiary/aromatic N) is 1. The van der Waals surface area contributed by atoms with Gasteiger partial charge >= 0.3 is 5.97 Å². The van der Waals surface area contributed by atoms with E-state index in [1.165, 1.54) is 6.20 Å². The second kappa shape index (κ2) is 2.98. The van der Waals surface area contributed by atoms with Gasteiger partial charge in [-0.25, -0.2) is 9.78 Å². The number of aromatic nitrogens is 2. The second-order valence-corrected chi connectivity index (χ2v) is 1.72. The predicted octanol–water partition coefficient (Wildman–Crippen LogP) is -0.408. The van der Waals surface area contributed by atoms with Crippen LogP contribution in [-0.2, 0) is 0 Å². The summed E-state index contributed by atoms with van der Waals surface area (Å²) in [6.07, 6.45) is 1.48. The van der Waals surface area contributed by atoms with Crippen LogP contribution in [0.4, 0.5) is 0 Å².